The third-order valence-corrected chi connectivity index (χ3v) is 5.08. The van der Waals surface area contributed by atoms with E-state index in [0.717, 1.165) is 16.7 Å². The second kappa shape index (κ2) is 6.08. The molecule has 116 valence electrons. The molecular formula is C18H18N4S. The average Bonchev–Trinajstić information content (AvgIpc) is 3.38. The van der Waals surface area contributed by atoms with Crippen molar-refractivity contribution in [3.05, 3.63) is 66.0 Å². The topological polar surface area (TPSA) is 56.7 Å². The summed E-state index contributed by atoms with van der Waals surface area (Å²) in [5, 5.41) is 9.21. The monoisotopic (exact) mass is 322 g/mol. The number of benzene rings is 2. The van der Waals surface area contributed by atoms with Gasteiger partial charge in [0.25, 0.3) is 0 Å². The van der Waals surface area contributed by atoms with Gasteiger partial charge in [-0.15, -0.1) is 10.2 Å². The molecule has 23 heavy (non-hydrogen) atoms. The van der Waals surface area contributed by atoms with Gasteiger partial charge in [-0.2, -0.15) is 0 Å². The molecule has 0 spiro atoms. The second-order valence-electron chi connectivity index (χ2n) is 5.84. The first kappa shape index (κ1) is 14.3. The van der Waals surface area contributed by atoms with Crippen molar-refractivity contribution in [3.63, 3.8) is 0 Å². The van der Waals surface area contributed by atoms with Crippen LogP contribution in [0.25, 0.3) is 11.1 Å². The van der Waals surface area contributed by atoms with Crippen molar-refractivity contribution >= 4 is 11.8 Å². The number of nitrogen functional groups attached to an aromatic ring is 1. The summed E-state index contributed by atoms with van der Waals surface area (Å²) in [6.45, 7) is 0. The lowest BCUT2D eigenvalue weighted by Gasteiger charge is -2.05. The summed E-state index contributed by atoms with van der Waals surface area (Å²) in [5.74, 6) is 8.37. The van der Waals surface area contributed by atoms with Crippen LogP contribution in [0.1, 0.15) is 30.1 Å². The fourth-order valence-corrected chi connectivity index (χ4v) is 3.40. The fourth-order valence-electron chi connectivity index (χ4n) is 2.58. The molecule has 0 bridgehead atoms. The first-order chi connectivity index (χ1) is 11.3. The van der Waals surface area contributed by atoms with Crippen LogP contribution in [0, 0.1) is 0 Å². The van der Waals surface area contributed by atoms with Gasteiger partial charge in [-0.25, -0.2) is 4.68 Å². The Hall–Kier alpha value is -2.27. The van der Waals surface area contributed by atoms with Gasteiger partial charge in [0.2, 0.25) is 5.16 Å². The Labute approximate surface area is 139 Å². The molecule has 4 nitrogen and oxygen atoms in total. The standard InChI is InChI=1S/C18H18N4S/c19-22-17(16-10-11-16)20-21-18(22)23-12-13-6-8-15(9-7-13)14-4-2-1-3-5-14/h1-9,16H,10-12,19H2. The highest BCUT2D eigenvalue weighted by molar-refractivity contribution is 7.98. The molecule has 2 aromatic carbocycles. The first-order valence-corrected chi connectivity index (χ1v) is 8.77. The van der Waals surface area contributed by atoms with E-state index in [4.69, 9.17) is 5.84 Å². The lowest BCUT2D eigenvalue weighted by atomic mass is 10.0. The van der Waals surface area contributed by atoms with Gasteiger partial charge in [0.15, 0.2) is 5.82 Å². The van der Waals surface area contributed by atoms with Crippen molar-refractivity contribution in [2.75, 3.05) is 5.84 Å². The Bertz CT molecular complexity index is 792. The molecular weight excluding hydrogens is 304 g/mol. The van der Waals surface area contributed by atoms with Gasteiger partial charge < -0.3 is 5.84 Å². The van der Waals surface area contributed by atoms with Crippen LogP contribution in [0.4, 0.5) is 0 Å². The zero-order valence-electron chi connectivity index (χ0n) is 12.7. The molecule has 1 fully saturated rings. The summed E-state index contributed by atoms with van der Waals surface area (Å²) in [7, 11) is 0. The highest BCUT2D eigenvalue weighted by atomic mass is 32.2. The normalized spacial score (nSPS) is 14.1. The minimum Gasteiger partial charge on any atom is -0.336 e. The van der Waals surface area contributed by atoms with E-state index in [1.165, 1.54) is 29.5 Å². The number of hydrogen-bond acceptors (Lipinski definition) is 4. The van der Waals surface area contributed by atoms with Crippen LogP contribution in [-0.2, 0) is 5.75 Å². The molecule has 0 radical (unpaired) electrons. The van der Waals surface area contributed by atoms with Crippen LogP contribution in [0.5, 0.6) is 0 Å². The summed E-state index contributed by atoms with van der Waals surface area (Å²) in [5.41, 5.74) is 3.73. The van der Waals surface area contributed by atoms with E-state index >= 15 is 0 Å². The van der Waals surface area contributed by atoms with Crippen molar-refractivity contribution in [2.24, 2.45) is 0 Å². The van der Waals surface area contributed by atoms with Crippen LogP contribution in [0.15, 0.2) is 59.8 Å². The van der Waals surface area contributed by atoms with Crippen LogP contribution >= 0.6 is 11.8 Å². The van der Waals surface area contributed by atoms with E-state index < -0.39 is 0 Å². The zero-order valence-corrected chi connectivity index (χ0v) is 13.5. The summed E-state index contributed by atoms with van der Waals surface area (Å²) in [6.07, 6.45) is 2.36. The number of hydrogen-bond donors (Lipinski definition) is 1. The average molecular weight is 322 g/mol. The van der Waals surface area contributed by atoms with Crippen molar-refractivity contribution in [2.45, 2.75) is 29.7 Å². The quantitative estimate of drug-likeness (QED) is 0.573. The minimum absolute atomic E-state index is 0.520. The maximum Gasteiger partial charge on any atom is 0.210 e. The third kappa shape index (κ3) is 3.10. The Morgan fingerprint density at radius 3 is 2.35 bits per heavy atom. The maximum absolute atomic E-state index is 6.08. The van der Waals surface area contributed by atoms with Crippen molar-refractivity contribution in [3.8, 4) is 11.1 Å². The molecule has 0 atom stereocenters. The Kier molecular flexibility index (Phi) is 3.79. The first-order valence-electron chi connectivity index (χ1n) is 7.79. The Balaban J connectivity index is 1.43. The summed E-state index contributed by atoms with van der Waals surface area (Å²) < 4.78 is 1.65. The van der Waals surface area contributed by atoms with E-state index in [0.29, 0.717) is 5.92 Å². The van der Waals surface area contributed by atoms with Gasteiger partial charge in [-0.05, 0) is 29.5 Å². The number of aromatic nitrogens is 3. The predicted octanol–water partition coefficient (Wildman–Crippen LogP) is 3.83. The van der Waals surface area contributed by atoms with E-state index in [1.807, 2.05) is 6.07 Å². The Morgan fingerprint density at radius 1 is 0.957 bits per heavy atom. The molecule has 1 aliphatic rings. The lowest BCUT2D eigenvalue weighted by molar-refractivity contribution is 0.790. The van der Waals surface area contributed by atoms with E-state index in [2.05, 4.69) is 58.7 Å². The Morgan fingerprint density at radius 2 is 1.65 bits per heavy atom. The van der Waals surface area contributed by atoms with Crippen molar-refractivity contribution in [1.82, 2.24) is 14.9 Å². The molecule has 2 N–H and O–H groups in total. The number of nitrogens with zero attached hydrogens (tertiary/aromatic N) is 3. The molecule has 1 aromatic heterocycles. The highest BCUT2D eigenvalue weighted by Gasteiger charge is 2.29. The zero-order chi connectivity index (χ0) is 15.6. The third-order valence-electron chi connectivity index (χ3n) is 4.06. The van der Waals surface area contributed by atoms with Gasteiger partial charge in [0.05, 0.1) is 0 Å². The largest absolute Gasteiger partial charge is 0.336 e. The van der Waals surface area contributed by atoms with Gasteiger partial charge in [0, 0.05) is 11.7 Å². The van der Waals surface area contributed by atoms with Crippen molar-refractivity contribution in [1.29, 1.82) is 0 Å². The molecule has 0 saturated heterocycles. The fraction of sp³-hybridized carbons (Fsp3) is 0.222. The molecule has 4 rings (SSSR count). The van der Waals surface area contributed by atoms with E-state index in [9.17, 15) is 0 Å². The number of thioether (sulfide) groups is 1. The molecule has 1 aliphatic carbocycles. The molecule has 3 aromatic rings. The van der Waals surface area contributed by atoms with Crippen LogP contribution < -0.4 is 5.84 Å². The smallest absolute Gasteiger partial charge is 0.210 e. The highest BCUT2D eigenvalue weighted by Crippen LogP contribution is 2.39. The number of nitrogens with two attached hydrogens (primary N) is 1. The SMILES string of the molecule is Nn1c(SCc2ccc(-c3ccccc3)cc2)nnc1C1CC1. The van der Waals surface area contributed by atoms with Crippen LogP contribution in [0.2, 0.25) is 0 Å². The number of rotatable bonds is 5. The summed E-state index contributed by atoms with van der Waals surface area (Å²) in [4.78, 5) is 0. The molecule has 1 saturated carbocycles. The minimum atomic E-state index is 0.520. The van der Waals surface area contributed by atoms with Crippen molar-refractivity contribution < 1.29 is 0 Å². The molecule has 1 heterocycles. The second-order valence-corrected chi connectivity index (χ2v) is 6.78. The van der Waals surface area contributed by atoms with Gasteiger partial charge in [0.1, 0.15) is 0 Å². The van der Waals surface area contributed by atoms with E-state index in [-0.39, 0.29) is 0 Å². The summed E-state index contributed by atoms with van der Waals surface area (Å²) in [6, 6.07) is 19.0. The molecule has 0 aliphatic heterocycles. The van der Waals surface area contributed by atoms with Crippen LogP contribution in [-0.4, -0.2) is 14.9 Å². The van der Waals surface area contributed by atoms with Gasteiger partial charge in [-0.3, -0.25) is 0 Å². The van der Waals surface area contributed by atoms with Gasteiger partial charge >= 0.3 is 0 Å². The van der Waals surface area contributed by atoms with Crippen LogP contribution in [0.3, 0.4) is 0 Å². The lowest BCUT2D eigenvalue weighted by Crippen LogP contribution is -2.13. The van der Waals surface area contributed by atoms with E-state index in [1.54, 1.807) is 16.4 Å². The molecule has 5 heteroatoms. The predicted molar refractivity (Wildman–Crippen MR) is 93.6 cm³/mol. The maximum atomic E-state index is 6.08. The molecule has 0 unspecified atom stereocenters. The molecule has 0 amide bonds. The summed E-state index contributed by atoms with van der Waals surface area (Å²) >= 11 is 1.63. The van der Waals surface area contributed by atoms with Gasteiger partial charge in [-0.1, -0.05) is 66.4 Å².